The molecule has 0 unspecified atom stereocenters. The number of carboxylic acid groups (broad SMARTS) is 1. The average molecular weight is 690 g/mol. The maximum absolute atomic E-state index is 14.4. The molecular weight excluding hydrogens is 654 g/mol. The Morgan fingerprint density at radius 2 is 1.73 bits per heavy atom. The number of sulfonamides is 1. The molecule has 0 radical (unpaired) electrons. The molecule has 3 aromatic carbocycles. The van der Waals surface area contributed by atoms with E-state index in [0.29, 0.717) is 38.5 Å². The molecule has 1 aliphatic heterocycles. The van der Waals surface area contributed by atoms with E-state index in [1.54, 1.807) is 67.5 Å². The molecule has 0 aliphatic carbocycles. The fourth-order valence-electron chi connectivity index (χ4n) is 6.25. The van der Waals surface area contributed by atoms with Crippen molar-refractivity contribution in [2.45, 2.75) is 51.1 Å². The Kier molecular flexibility index (Phi) is 9.52. The number of aromatic carboxylic acids is 1. The number of rotatable bonds is 11. The van der Waals surface area contributed by atoms with Crippen molar-refractivity contribution in [3.05, 3.63) is 112 Å². The van der Waals surface area contributed by atoms with Crippen LogP contribution < -0.4 is 9.21 Å². The van der Waals surface area contributed by atoms with Crippen LogP contribution in [0.5, 0.6) is 0 Å². The number of carboxylic acids is 1. The summed E-state index contributed by atoms with van der Waals surface area (Å²) in [5, 5.41) is 10.2. The van der Waals surface area contributed by atoms with Gasteiger partial charge in [-0.1, -0.05) is 23.7 Å². The van der Waals surface area contributed by atoms with Crippen molar-refractivity contribution in [1.82, 2.24) is 4.90 Å². The first-order valence-corrected chi connectivity index (χ1v) is 17.6. The molecule has 1 saturated heterocycles. The molecule has 0 atom stereocenters. The van der Waals surface area contributed by atoms with E-state index in [0.717, 1.165) is 38.0 Å². The van der Waals surface area contributed by atoms with Crippen molar-refractivity contribution < 1.29 is 31.9 Å². The number of fused-ring (bicyclic) bond motifs is 1. The van der Waals surface area contributed by atoms with Gasteiger partial charge < -0.3 is 23.7 Å². The summed E-state index contributed by atoms with van der Waals surface area (Å²) in [6.07, 6.45) is 4.81. The highest BCUT2D eigenvalue weighted by Crippen LogP contribution is 2.35. The van der Waals surface area contributed by atoms with Gasteiger partial charge in [0.25, 0.3) is 15.9 Å². The molecule has 6 rings (SSSR count). The van der Waals surface area contributed by atoms with Gasteiger partial charge in [-0.2, -0.15) is 0 Å². The van der Waals surface area contributed by atoms with Crippen LogP contribution in [-0.4, -0.2) is 49.9 Å². The number of piperidine rings is 1. The molecule has 250 valence electrons. The predicted molar refractivity (Wildman–Crippen MR) is 184 cm³/mol. The lowest BCUT2D eigenvalue weighted by Gasteiger charge is -2.32. The van der Waals surface area contributed by atoms with Crippen molar-refractivity contribution in [2.75, 3.05) is 28.8 Å². The number of aryl methyl sites for hydroxylation is 1. The summed E-state index contributed by atoms with van der Waals surface area (Å²) in [4.78, 5) is 29.6. The van der Waals surface area contributed by atoms with Crippen molar-refractivity contribution in [1.29, 1.82) is 0 Å². The van der Waals surface area contributed by atoms with Gasteiger partial charge in [0, 0.05) is 42.8 Å². The number of hydrogen-bond acceptors (Lipinski definition) is 7. The number of furan rings is 2. The molecule has 0 spiro atoms. The van der Waals surface area contributed by atoms with E-state index in [-0.39, 0.29) is 41.8 Å². The highest BCUT2D eigenvalue weighted by molar-refractivity contribution is 7.92. The number of carbonyl (C=O) groups excluding carboxylic acids is 1. The van der Waals surface area contributed by atoms with Crippen molar-refractivity contribution in [2.24, 2.45) is 0 Å². The lowest BCUT2D eigenvalue weighted by atomic mass is 10.1. The topological polar surface area (TPSA) is 125 Å². The minimum Gasteiger partial charge on any atom is -0.475 e. The highest BCUT2D eigenvalue weighted by atomic mass is 35.5. The van der Waals surface area contributed by atoms with Crippen LogP contribution in [0.15, 0.2) is 92.8 Å². The molecule has 1 N–H and O–H groups in total. The van der Waals surface area contributed by atoms with Gasteiger partial charge >= 0.3 is 5.97 Å². The molecule has 2 aromatic heterocycles. The van der Waals surface area contributed by atoms with Crippen molar-refractivity contribution >= 4 is 55.8 Å². The number of halogens is 1. The molecular formula is C36H36ClN3O7S. The van der Waals surface area contributed by atoms with Crippen molar-refractivity contribution in [3.8, 4) is 0 Å². The first kappa shape index (κ1) is 33.2. The Morgan fingerprint density at radius 3 is 2.42 bits per heavy atom. The minimum atomic E-state index is -4.16. The van der Waals surface area contributed by atoms with Crippen LogP contribution in [0.3, 0.4) is 0 Å². The largest absolute Gasteiger partial charge is 0.475 e. The van der Waals surface area contributed by atoms with Gasteiger partial charge in [-0.3, -0.25) is 9.10 Å². The zero-order chi connectivity index (χ0) is 34.0. The summed E-state index contributed by atoms with van der Waals surface area (Å²) in [7, 11) is -4.16. The molecule has 0 bridgehead atoms. The Labute approximate surface area is 284 Å². The zero-order valence-corrected chi connectivity index (χ0v) is 28.3. The van der Waals surface area contributed by atoms with Gasteiger partial charge in [0.1, 0.15) is 11.3 Å². The fraction of sp³-hybridized carbons (Fsp3) is 0.278. The van der Waals surface area contributed by atoms with E-state index < -0.39 is 16.0 Å². The van der Waals surface area contributed by atoms with Crippen LogP contribution in [0.25, 0.3) is 11.0 Å². The van der Waals surface area contributed by atoms with Crippen molar-refractivity contribution in [3.63, 3.8) is 0 Å². The van der Waals surface area contributed by atoms with E-state index in [1.165, 1.54) is 22.5 Å². The first-order chi connectivity index (χ1) is 23.1. The summed E-state index contributed by atoms with van der Waals surface area (Å²) in [6.45, 7) is 5.39. The number of nitrogens with zero attached hydrogens (tertiary/aromatic N) is 3. The monoisotopic (exact) mass is 689 g/mol. The third-order valence-electron chi connectivity index (χ3n) is 8.71. The van der Waals surface area contributed by atoms with E-state index in [1.807, 2.05) is 12.1 Å². The van der Waals surface area contributed by atoms with Crippen LogP contribution >= 0.6 is 11.6 Å². The molecule has 1 amide bonds. The van der Waals surface area contributed by atoms with E-state index in [2.05, 4.69) is 4.90 Å². The summed E-state index contributed by atoms with van der Waals surface area (Å²) in [5.74, 6) is -1.23. The summed E-state index contributed by atoms with van der Waals surface area (Å²) in [5.41, 5.74) is 2.95. The quantitative estimate of drug-likeness (QED) is 0.149. The molecule has 1 aliphatic rings. The normalized spacial score (nSPS) is 13.5. The van der Waals surface area contributed by atoms with Gasteiger partial charge in [0.15, 0.2) is 0 Å². The van der Waals surface area contributed by atoms with E-state index in [4.69, 9.17) is 20.4 Å². The molecule has 5 aromatic rings. The van der Waals surface area contributed by atoms with Crippen LogP contribution in [0.2, 0.25) is 5.02 Å². The Balaban J connectivity index is 1.45. The fourth-order valence-corrected chi connectivity index (χ4v) is 8.01. The van der Waals surface area contributed by atoms with Crippen LogP contribution in [0, 0.1) is 6.92 Å². The smallest absolute Gasteiger partial charge is 0.372 e. The molecule has 3 heterocycles. The lowest BCUT2D eigenvalue weighted by molar-refractivity contribution is 0.0662. The van der Waals surface area contributed by atoms with Gasteiger partial charge in [-0.25, -0.2) is 13.2 Å². The lowest BCUT2D eigenvalue weighted by Crippen LogP contribution is -2.35. The van der Waals surface area contributed by atoms with Crippen LogP contribution in [0.1, 0.15) is 64.0 Å². The van der Waals surface area contributed by atoms with Gasteiger partial charge in [-0.15, -0.1) is 0 Å². The number of anilines is 2. The number of hydrogen-bond donors (Lipinski definition) is 1. The SMILES string of the molecule is CCN(c1ccc(N2CCCCC2)cc1CN(Cc1ccco1)C(=O)c1ccccc1Cl)S(=O)(=O)c1ccc2oc(C(=O)O)c(C)c2c1. The van der Waals surface area contributed by atoms with Gasteiger partial charge in [-0.05, 0) is 99.3 Å². The van der Waals surface area contributed by atoms with Crippen LogP contribution in [0.4, 0.5) is 11.4 Å². The average Bonchev–Trinajstić information content (AvgIpc) is 3.73. The third-order valence-corrected chi connectivity index (χ3v) is 10.9. The molecule has 48 heavy (non-hydrogen) atoms. The van der Waals surface area contributed by atoms with Gasteiger partial charge in [0.05, 0.1) is 34.0 Å². The Bertz CT molecular complexity index is 2070. The molecule has 12 heteroatoms. The van der Waals surface area contributed by atoms with Gasteiger partial charge in [0.2, 0.25) is 5.76 Å². The summed E-state index contributed by atoms with van der Waals surface area (Å²) >= 11 is 6.47. The maximum Gasteiger partial charge on any atom is 0.372 e. The highest BCUT2D eigenvalue weighted by Gasteiger charge is 2.30. The number of amides is 1. The predicted octanol–water partition coefficient (Wildman–Crippen LogP) is 7.73. The number of carbonyl (C=O) groups is 2. The van der Waals surface area contributed by atoms with E-state index in [9.17, 15) is 23.1 Å². The second-order valence-corrected chi connectivity index (χ2v) is 14.0. The van der Waals surface area contributed by atoms with Crippen LogP contribution in [-0.2, 0) is 23.1 Å². The van der Waals surface area contributed by atoms with E-state index >= 15 is 0 Å². The third kappa shape index (κ3) is 6.52. The minimum absolute atomic E-state index is 0.0108. The first-order valence-electron chi connectivity index (χ1n) is 15.8. The Morgan fingerprint density at radius 1 is 0.958 bits per heavy atom. The second kappa shape index (κ2) is 13.8. The maximum atomic E-state index is 14.4. The number of benzene rings is 3. The molecule has 10 nitrogen and oxygen atoms in total. The summed E-state index contributed by atoms with van der Waals surface area (Å²) in [6, 6.07) is 20.4. The summed E-state index contributed by atoms with van der Waals surface area (Å²) < 4.78 is 41.2. The Hall–Kier alpha value is -4.74. The second-order valence-electron chi connectivity index (χ2n) is 11.8. The molecule has 0 saturated carbocycles. The molecule has 1 fully saturated rings. The standard InChI is InChI=1S/C36H36ClN3O7S/c1-3-40(48(44,45)28-14-16-33-30(21-28)24(2)34(47-33)36(42)43)32-15-13-26(38-17-7-4-8-18-38)20-25(32)22-39(23-27-10-9-19-46-27)35(41)29-11-5-6-12-31(29)37/h5-6,9-16,19-21H,3-4,7-8,17-18,22-23H2,1-2H3,(H,42,43). The zero-order valence-electron chi connectivity index (χ0n) is 26.7.